The fraction of sp³-hybridized carbons (Fsp3) is 0.632. The molecule has 5 heteroatoms. The Morgan fingerprint density at radius 2 is 1.88 bits per heavy atom. The second kappa shape index (κ2) is 10.6. The summed E-state index contributed by atoms with van der Waals surface area (Å²) in [4.78, 5) is 15.8. The van der Waals surface area contributed by atoms with Crippen molar-refractivity contribution in [3.8, 4) is 5.75 Å². The maximum absolute atomic E-state index is 12.2. The lowest BCUT2D eigenvalue weighted by atomic mass is 10.2. The van der Waals surface area contributed by atoms with Crippen LogP contribution in [-0.2, 0) is 4.79 Å². The maximum Gasteiger partial charge on any atom is 0.233 e. The van der Waals surface area contributed by atoms with E-state index in [9.17, 15) is 4.79 Å². The van der Waals surface area contributed by atoms with Crippen molar-refractivity contribution in [3.05, 3.63) is 24.3 Å². The molecule has 1 aromatic rings. The molecule has 1 N–H and O–H groups in total. The molecular weight excluding hydrogens is 320 g/mol. The molecule has 0 bridgehead atoms. The summed E-state index contributed by atoms with van der Waals surface area (Å²) in [6.07, 6.45) is 6.41. The molecule has 0 spiro atoms. The molecule has 1 saturated heterocycles. The number of thioether (sulfide) groups is 1. The Balaban J connectivity index is 1.63. The molecule has 1 aliphatic rings. The van der Waals surface area contributed by atoms with E-state index in [0.717, 1.165) is 30.2 Å². The summed E-state index contributed by atoms with van der Waals surface area (Å²) < 4.78 is 5.15. The summed E-state index contributed by atoms with van der Waals surface area (Å²) in [5, 5.41) is 2.98. The molecule has 134 valence electrons. The van der Waals surface area contributed by atoms with E-state index < -0.39 is 0 Å². The van der Waals surface area contributed by atoms with E-state index in [0.29, 0.717) is 0 Å². The van der Waals surface area contributed by atoms with Crippen molar-refractivity contribution in [3.63, 3.8) is 0 Å². The lowest BCUT2D eigenvalue weighted by Crippen LogP contribution is -2.34. The summed E-state index contributed by atoms with van der Waals surface area (Å²) in [5.41, 5.74) is 0. The predicted molar refractivity (Wildman–Crippen MR) is 101 cm³/mol. The molecule has 1 atom stereocenters. The third-order valence-electron chi connectivity index (χ3n) is 4.39. The number of methoxy groups -OCH3 is 1. The Hall–Kier alpha value is -1.20. The monoisotopic (exact) mass is 350 g/mol. The molecule has 0 aliphatic carbocycles. The number of likely N-dealkylation sites (tertiary alicyclic amines) is 1. The van der Waals surface area contributed by atoms with Crippen LogP contribution in [0.4, 0.5) is 0 Å². The number of ether oxygens (including phenoxy) is 1. The standard InChI is InChI=1S/C19H30N2O2S/c1-16(24-18-10-8-17(23-2)9-11-18)19(22)20-12-7-15-21-13-5-3-4-6-14-21/h8-11,16H,3-7,12-15H2,1-2H3,(H,20,22)/t16-/m1/s1. The van der Waals surface area contributed by atoms with E-state index in [4.69, 9.17) is 4.74 Å². The van der Waals surface area contributed by atoms with Crippen LogP contribution in [0.25, 0.3) is 0 Å². The topological polar surface area (TPSA) is 41.6 Å². The Bertz CT molecular complexity index is 485. The largest absolute Gasteiger partial charge is 0.497 e. The van der Waals surface area contributed by atoms with Gasteiger partial charge in [0.25, 0.3) is 0 Å². The molecule has 0 unspecified atom stereocenters. The van der Waals surface area contributed by atoms with E-state index in [1.54, 1.807) is 18.9 Å². The molecule has 1 fully saturated rings. The van der Waals surface area contributed by atoms with Gasteiger partial charge < -0.3 is 15.0 Å². The average Bonchev–Trinajstić information content (AvgIpc) is 2.88. The minimum atomic E-state index is -0.0865. The van der Waals surface area contributed by atoms with Crippen molar-refractivity contribution < 1.29 is 9.53 Å². The third kappa shape index (κ3) is 6.73. The molecule has 1 aliphatic heterocycles. The van der Waals surface area contributed by atoms with Crippen molar-refractivity contribution in [1.82, 2.24) is 10.2 Å². The Kier molecular flexibility index (Phi) is 8.47. The van der Waals surface area contributed by atoms with Crippen LogP contribution in [0, 0.1) is 0 Å². The van der Waals surface area contributed by atoms with Crippen molar-refractivity contribution in [2.24, 2.45) is 0 Å². The number of hydrogen-bond donors (Lipinski definition) is 1. The highest BCUT2D eigenvalue weighted by Crippen LogP contribution is 2.25. The van der Waals surface area contributed by atoms with E-state index in [1.807, 2.05) is 31.2 Å². The fourth-order valence-electron chi connectivity index (χ4n) is 2.93. The van der Waals surface area contributed by atoms with E-state index in [2.05, 4.69) is 10.2 Å². The molecule has 2 rings (SSSR count). The van der Waals surface area contributed by atoms with Gasteiger partial charge in [0.1, 0.15) is 5.75 Å². The van der Waals surface area contributed by atoms with Crippen molar-refractivity contribution in [2.45, 2.75) is 49.2 Å². The first-order valence-corrected chi connectivity index (χ1v) is 9.88. The first-order chi connectivity index (χ1) is 11.7. The second-order valence-electron chi connectivity index (χ2n) is 6.34. The predicted octanol–water partition coefficient (Wildman–Crippen LogP) is 3.56. The van der Waals surface area contributed by atoms with Gasteiger partial charge in [0, 0.05) is 11.4 Å². The van der Waals surface area contributed by atoms with Crippen molar-refractivity contribution in [2.75, 3.05) is 33.3 Å². The molecule has 0 radical (unpaired) electrons. The zero-order chi connectivity index (χ0) is 17.2. The number of rotatable bonds is 8. The van der Waals surface area contributed by atoms with Crippen molar-refractivity contribution >= 4 is 17.7 Å². The van der Waals surface area contributed by atoms with Crippen LogP contribution in [0.1, 0.15) is 39.0 Å². The summed E-state index contributed by atoms with van der Waals surface area (Å²) in [5.74, 6) is 0.955. The number of carbonyl (C=O) groups excluding carboxylic acids is 1. The van der Waals surface area contributed by atoms with Crippen molar-refractivity contribution in [1.29, 1.82) is 0 Å². The summed E-state index contributed by atoms with van der Waals surface area (Å²) in [7, 11) is 1.66. The highest BCUT2D eigenvalue weighted by Gasteiger charge is 2.14. The highest BCUT2D eigenvalue weighted by molar-refractivity contribution is 8.00. The Morgan fingerprint density at radius 3 is 2.50 bits per heavy atom. The van der Waals surface area contributed by atoms with Gasteiger partial charge in [0.15, 0.2) is 0 Å². The van der Waals surface area contributed by atoms with Gasteiger partial charge in [0.05, 0.1) is 12.4 Å². The van der Waals surface area contributed by atoms with Crippen LogP contribution in [0.5, 0.6) is 5.75 Å². The van der Waals surface area contributed by atoms with Gasteiger partial charge in [-0.3, -0.25) is 4.79 Å². The van der Waals surface area contributed by atoms with E-state index >= 15 is 0 Å². The minimum absolute atomic E-state index is 0.0865. The van der Waals surface area contributed by atoms with Gasteiger partial charge in [-0.25, -0.2) is 0 Å². The number of carbonyl (C=O) groups is 1. The molecule has 24 heavy (non-hydrogen) atoms. The van der Waals surface area contributed by atoms with Gasteiger partial charge in [-0.15, -0.1) is 11.8 Å². The number of amides is 1. The Morgan fingerprint density at radius 1 is 1.21 bits per heavy atom. The number of nitrogens with zero attached hydrogens (tertiary/aromatic N) is 1. The summed E-state index contributed by atoms with van der Waals surface area (Å²) in [6, 6.07) is 7.83. The zero-order valence-electron chi connectivity index (χ0n) is 14.9. The molecule has 1 heterocycles. The van der Waals surface area contributed by atoms with Crippen LogP contribution >= 0.6 is 11.8 Å². The van der Waals surface area contributed by atoms with Crippen LogP contribution < -0.4 is 10.1 Å². The quantitative estimate of drug-likeness (QED) is 0.575. The SMILES string of the molecule is COc1ccc(S[C@H](C)C(=O)NCCCN2CCCCCC2)cc1. The van der Waals surface area contributed by atoms with E-state index in [-0.39, 0.29) is 11.2 Å². The zero-order valence-corrected chi connectivity index (χ0v) is 15.7. The van der Waals surface area contributed by atoms with Crippen LogP contribution in [0.2, 0.25) is 0 Å². The second-order valence-corrected chi connectivity index (χ2v) is 7.75. The first kappa shape index (κ1) is 19.1. The lowest BCUT2D eigenvalue weighted by Gasteiger charge is -2.20. The normalized spacial score (nSPS) is 17.1. The Labute approximate surface area is 150 Å². The molecule has 0 saturated carbocycles. The number of nitrogens with one attached hydrogen (secondary N) is 1. The molecule has 1 amide bonds. The summed E-state index contributed by atoms with van der Waals surface area (Å²) >= 11 is 1.58. The average molecular weight is 351 g/mol. The first-order valence-electron chi connectivity index (χ1n) is 9.00. The maximum atomic E-state index is 12.2. The minimum Gasteiger partial charge on any atom is -0.497 e. The molecular formula is C19H30N2O2S. The highest BCUT2D eigenvalue weighted by atomic mass is 32.2. The van der Waals surface area contributed by atoms with Crippen LogP contribution in [0.3, 0.4) is 0 Å². The van der Waals surface area contributed by atoms with Gasteiger partial charge in [-0.05, 0) is 70.1 Å². The van der Waals surface area contributed by atoms with Gasteiger partial charge in [-0.1, -0.05) is 12.8 Å². The van der Waals surface area contributed by atoms with Crippen LogP contribution in [-0.4, -0.2) is 49.3 Å². The number of benzene rings is 1. The van der Waals surface area contributed by atoms with E-state index in [1.165, 1.54) is 38.8 Å². The summed E-state index contributed by atoms with van der Waals surface area (Å²) in [6.45, 7) is 6.26. The number of hydrogen-bond acceptors (Lipinski definition) is 4. The molecule has 1 aromatic carbocycles. The van der Waals surface area contributed by atoms with Gasteiger partial charge in [-0.2, -0.15) is 0 Å². The van der Waals surface area contributed by atoms with Crippen LogP contribution in [0.15, 0.2) is 29.2 Å². The van der Waals surface area contributed by atoms with Gasteiger partial charge >= 0.3 is 0 Å². The third-order valence-corrected chi connectivity index (χ3v) is 5.50. The fourth-order valence-corrected chi connectivity index (χ4v) is 3.82. The lowest BCUT2D eigenvalue weighted by molar-refractivity contribution is -0.120. The molecule has 0 aromatic heterocycles. The smallest absolute Gasteiger partial charge is 0.233 e. The molecule has 4 nitrogen and oxygen atoms in total. The van der Waals surface area contributed by atoms with Gasteiger partial charge in [0.2, 0.25) is 5.91 Å².